The zero-order valence-corrected chi connectivity index (χ0v) is 12.0. The molecule has 0 spiro atoms. The van der Waals surface area contributed by atoms with E-state index in [9.17, 15) is 4.79 Å². The highest BCUT2D eigenvalue weighted by Gasteiger charge is 2.14. The number of hydrogen-bond acceptors (Lipinski definition) is 4. The summed E-state index contributed by atoms with van der Waals surface area (Å²) in [6, 6.07) is 1.60. The number of pyridine rings is 1. The van der Waals surface area contributed by atoms with Crippen LogP contribution in [0, 0.1) is 5.41 Å². The first-order chi connectivity index (χ1) is 8.42. The lowest BCUT2D eigenvalue weighted by atomic mass is 10.1. The minimum atomic E-state index is -0.232. The lowest BCUT2D eigenvalue weighted by Gasteiger charge is -2.18. The van der Waals surface area contributed by atoms with Crippen molar-refractivity contribution in [3.63, 3.8) is 0 Å². The maximum Gasteiger partial charge on any atom is 0.266 e. The van der Waals surface area contributed by atoms with Crippen molar-refractivity contribution in [3.05, 3.63) is 38.7 Å². The molecule has 3 N–H and O–H groups in total. The molecule has 1 aromatic rings. The van der Waals surface area contributed by atoms with E-state index in [4.69, 9.17) is 10.5 Å². The fourth-order valence-electron chi connectivity index (χ4n) is 1.56. The molecule has 0 bridgehead atoms. The van der Waals surface area contributed by atoms with Crippen molar-refractivity contribution in [2.45, 2.75) is 20.4 Å². The van der Waals surface area contributed by atoms with E-state index in [1.165, 1.54) is 4.57 Å². The Hall–Kier alpha value is -1.40. The first-order valence-corrected chi connectivity index (χ1v) is 6.26. The Bertz CT molecular complexity index is 549. The number of aromatic nitrogens is 1. The van der Waals surface area contributed by atoms with Gasteiger partial charge in [0.25, 0.3) is 5.56 Å². The fourth-order valence-corrected chi connectivity index (χ4v) is 2.01. The minimum Gasteiger partial charge on any atom is -0.390 e. The zero-order valence-electron chi connectivity index (χ0n) is 10.4. The van der Waals surface area contributed by atoms with E-state index in [0.717, 1.165) is 0 Å². The summed E-state index contributed by atoms with van der Waals surface area (Å²) in [5.41, 5.74) is 1.11. The number of aliphatic hydroxyl groups is 1. The van der Waals surface area contributed by atoms with Crippen molar-refractivity contribution in [1.29, 1.82) is 5.41 Å². The molecule has 0 aliphatic carbocycles. The van der Waals surface area contributed by atoms with Gasteiger partial charge < -0.3 is 15.8 Å². The van der Waals surface area contributed by atoms with Crippen molar-refractivity contribution >= 4 is 27.5 Å². The normalized spacial score (nSPS) is 10.2. The van der Waals surface area contributed by atoms with Crippen LogP contribution in [0.4, 0.5) is 5.82 Å². The van der Waals surface area contributed by atoms with Gasteiger partial charge in [-0.1, -0.05) is 6.58 Å². The van der Waals surface area contributed by atoms with Crippen LogP contribution in [-0.4, -0.2) is 22.0 Å². The van der Waals surface area contributed by atoms with Crippen LogP contribution in [-0.2, 0) is 6.54 Å². The molecule has 1 rings (SSSR count). The van der Waals surface area contributed by atoms with Crippen LogP contribution < -0.4 is 10.9 Å². The largest absolute Gasteiger partial charge is 0.390 e. The van der Waals surface area contributed by atoms with Gasteiger partial charge in [-0.05, 0) is 35.8 Å². The number of halogens is 1. The number of rotatable bonds is 5. The average Bonchev–Trinajstić information content (AvgIpc) is 2.33. The van der Waals surface area contributed by atoms with E-state index in [1.807, 2.05) is 6.92 Å². The maximum absolute atomic E-state index is 12.0. The highest BCUT2D eigenvalue weighted by atomic mass is 79.9. The van der Waals surface area contributed by atoms with Gasteiger partial charge >= 0.3 is 0 Å². The molecule has 1 heterocycles. The summed E-state index contributed by atoms with van der Waals surface area (Å²) in [7, 11) is 0. The highest BCUT2D eigenvalue weighted by molar-refractivity contribution is 9.10. The standard InChI is InChI=1S/C12H16BrN3O2/c1-4-16-11(15-7(2)6-17)9(8(3)14)5-10(13)12(16)18/h5,14-15,17H,2,4,6H2,1,3H3. The Morgan fingerprint density at radius 3 is 2.72 bits per heavy atom. The Morgan fingerprint density at radius 2 is 2.28 bits per heavy atom. The van der Waals surface area contributed by atoms with Crippen LogP contribution >= 0.6 is 15.9 Å². The van der Waals surface area contributed by atoms with Gasteiger partial charge in [0.05, 0.1) is 11.1 Å². The second-order valence-electron chi connectivity index (χ2n) is 3.82. The Balaban J connectivity index is 3.52. The summed E-state index contributed by atoms with van der Waals surface area (Å²) in [5.74, 6) is 0.484. The first-order valence-electron chi connectivity index (χ1n) is 5.46. The van der Waals surface area contributed by atoms with Gasteiger partial charge in [-0.2, -0.15) is 0 Å². The second kappa shape index (κ2) is 5.97. The van der Waals surface area contributed by atoms with Crippen LogP contribution in [0.15, 0.2) is 27.6 Å². The van der Waals surface area contributed by atoms with Gasteiger partial charge in [0, 0.05) is 23.5 Å². The van der Waals surface area contributed by atoms with E-state index < -0.39 is 0 Å². The molecule has 0 saturated carbocycles. The topological polar surface area (TPSA) is 78.1 Å². The fraction of sp³-hybridized carbons (Fsp3) is 0.333. The third-order valence-corrected chi connectivity index (χ3v) is 3.02. The third kappa shape index (κ3) is 2.88. The van der Waals surface area contributed by atoms with Crippen molar-refractivity contribution < 1.29 is 5.11 Å². The number of hydrogen-bond donors (Lipinski definition) is 3. The van der Waals surface area contributed by atoms with Crippen LogP contribution in [0.3, 0.4) is 0 Å². The number of anilines is 1. The maximum atomic E-state index is 12.0. The summed E-state index contributed by atoms with van der Waals surface area (Å²) in [5, 5.41) is 19.6. The molecule has 0 radical (unpaired) electrons. The number of nitrogens with zero attached hydrogens (tertiary/aromatic N) is 1. The van der Waals surface area contributed by atoms with Crippen molar-refractivity contribution in [2.24, 2.45) is 0 Å². The summed E-state index contributed by atoms with van der Waals surface area (Å²) >= 11 is 3.19. The van der Waals surface area contributed by atoms with Gasteiger partial charge in [0.1, 0.15) is 5.82 Å². The van der Waals surface area contributed by atoms with Crippen LogP contribution in [0.5, 0.6) is 0 Å². The molecule has 1 aromatic heterocycles. The zero-order chi connectivity index (χ0) is 13.9. The average molecular weight is 314 g/mol. The Labute approximate surface area is 114 Å². The molecule has 18 heavy (non-hydrogen) atoms. The second-order valence-corrected chi connectivity index (χ2v) is 4.67. The van der Waals surface area contributed by atoms with Gasteiger partial charge in [0.15, 0.2) is 0 Å². The van der Waals surface area contributed by atoms with E-state index in [2.05, 4.69) is 27.8 Å². The van der Waals surface area contributed by atoms with E-state index in [-0.39, 0.29) is 12.2 Å². The lowest BCUT2D eigenvalue weighted by Crippen LogP contribution is -2.26. The smallest absolute Gasteiger partial charge is 0.266 e. The van der Waals surface area contributed by atoms with E-state index in [1.54, 1.807) is 13.0 Å². The number of aliphatic hydroxyl groups excluding tert-OH is 1. The quantitative estimate of drug-likeness (QED) is 0.727. The molecule has 0 amide bonds. The van der Waals surface area contributed by atoms with E-state index in [0.29, 0.717) is 33.8 Å². The molecular formula is C12H16BrN3O2. The number of nitrogens with one attached hydrogen (secondary N) is 2. The molecule has 0 aromatic carbocycles. The summed E-state index contributed by atoms with van der Waals surface area (Å²) in [6.07, 6.45) is 0. The van der Waals surface area contributed by atoms with Crippen LogP contribution in [0.25, 0.3) is 0 Å². The van der Waals surface area contributed by atoms with Gasteiger partial charge in [0.2, 0.25) is 0 Å². The lowest BCUT2D eigenvalue weighted by molar-refractivity contribution is 0.333. The molecular weight excluding hydrogens is 298 g/mol. The minimum absolute atomic E-state index is 0.185. The molecule has 0 aliphatic rings. The molecule has 0 unspecified atom stereocenters. The molecule has 5 nitrogen and oxygen atoms in total. The highest BCUT2D eigenvalue weighted by Crippen LogP contribution is 2.20. The predicted octanol–water partition coefficient (Wildman–Crippen LogP) is 1.94. The molecule has 98 valence electrons. The van der Waals surface area contributed by atoms with Crippen molar-refractivity contribution in [3.8, 4) is 0 Å². The van der Waals surface area contributed by atoms with E-state index >= 15 is 0 Å². The summed E-state index contributed by atoms with van der Waals surface area (Å²) in [6.45, 7) is 7.34. The molecule has 0 aliphatic heterocycles. The molecule has 0 fully saturated rings. The monoisotopic (exact) mass is 313 g/mol. The SMILES string of the molecule is C=C(CO)Nc1c(C(C)=N)cc(Br)c(=O)n1CC. The Kier molecular flexibility index (Phi) is 4.86. The third-order valence-electron chi connectivity index (χ3n) is 2.45. The van der Waals surface area contributed by atoms with Gasteiger partial charge in [-0.3, -0.25) is 9.36 Å². The van der Waals surface area contributed by atoms with Crippen molar-refractivity contribution in [2.75, 3.05) is 11.9 Å². The molecule has 0 saturated heterocycles. The van der Waals surface area contributed by atoms with Crippen LogP contribution in [0.2, 0.25) is 0 Å². The molecule has 0 atom stereocenters. The van der Waals surface area contributed by atoms with Crippen LogP contribution in [0.1, 0.15) is 19.4 Å². The molecule has 6 heteroatoms. The summed E-state index contributed by atoms with van der Waals surface area (Å²) < 4.78 is 1.91. The van der Waals surface area contributed by atoms with Gasteiger partial charge in [-0.15, -0.1) is 0 Å². The summed E-state index contributed by atoms with van der Waals surface area (Å²) in [4.78, 5) is 12.0. The Morgan fingerprint density at radius 1 is 1.67 bits per heavy atom. The first kappa shape index (κ1) is 14.7. The van der Waals surface area contributed by atoms with Gasteiger partial charge in [-0.25, -0.2) is 0 Å². The predicted molar refractivity (Wildman–Crippen MR) is 76.4 cm³/mol. The van der Waals surface area contributed by atoms with Crippen molar-refractivity contribution in [1.82, 2.24) is 4.57 Å².